The first-order valence-electron chi connectivity index (χ1n) is 5.99. The third-order valence-electron chi connectivity index (χ3n) is 3.13. The summed E-state index contributed by atoms with van der Waals surface area (Å²) >= 11 is 5.98. The number of phenols is 1. The van der Waals surface area contributed by atoms with Gasteiger partial charge in [0.25, 0.3) is 5.91 Å². The summed E-state index contributed by atoms with van der Waals surface area (Å²) in [6, 6.07) is 6.44. The van der Waals surface area contributed by atoms with Crippen molar-refractivity contribution in [1.29, 1.82) is 5.26 Å². The van der Waals surface area contributed by atoms with Crippen molar-refractivity contribution in [1.82, 2.24) is 9.80 Å². The predicted octanol–water partition coefficient (Wildman–Crippen LogP) is 1.33. The van der Waals surface area contributed by atoms with Crippen LogP contribution in [-0.4, -0.2) is 53.5 Å². The number of carbonyl (C=O) groups excluding carboxylic acids is 1. The summed E-state index contributed by atoms with van der Waals surface area (Å²) in [7, 11) is 0. The lowest BCUT2D eigenvalue weighted by molar-refractivity contribution is 0.0651. The third-order valence-corrected chi connectivity index (χ3v) is 3.46. The number of hydrogen-bond acceptors (Lipinski definition) is 4. The van der Waals surface area contributed by atoms with Crippen LogP contribution in [0.3, 0.4) is 0 Å². The lowest BCUT2D eigenvalue weighted by Crippen LogP contribution is -2.48. The van der Waals surface area contributed by atoms with Crippen molar-refractivity contribution >= 4 is 17.5 Å². The van der Waals surface area contributed by atoms with Crippen molar-refractivity contribution in [2.75, 3.05) is 32.7 Å². The minimum atomic E-state index is -0.183. The molecule has 1 aliphatic heterocycles. The number of nitriles is 1. The molecule has 0 atom stereocenters. The molecule has 1 aromatic carbocycles. The van der Waals surface area contributed by atoms with Gasteiger partial charge in [-0.2, -0.15) is 5.26 Å². The zero-order chi connectivity index (χ0) is 13.8. The van der Waals surface area contributed by atoms with E-state index in [1.165, 1.54) is 18.2 Å². The van der Waals surface area contributed by atoms with Crippen LogP contribution in [0.4, 0.5) is 0 Å². The van der Waals surface area contributed by atoms with Crippen LogP contribution in [-0.2, 0) is 0 Å². The molecule has 1 amide bonds. The Balaban J connectivity index is 2.05. The normalized spacial score (nSPS) is 16.1. The first-order chi connectivity index (χ1) is 9.11. The van der Waals surface area contributed by atoms with E-state index in [1.54, 1.807) is 4.90 Å². The maximum Gasteiger partial charge on any atom is 0.255 e. The minimum Gasteiger partial charge on any atom is -0.508 e. The van der Waals surface area contributed by atoms with Crippen molar-refractivity contribution < 1.29 is 9.90 Å². The molecule has 0 radical (unpaired) electrons. The van der Waals surface area contributed by atoms with E-state index in [0.29, 0.717) is 43.3 Å². The van der Waals surface area contributed by atoms with Gasteiger partial charge in [-0.3, -0.25) is 9.69 Å². The van der Waals surface area contributed by atoms with E-state index >= 15 is 0 Å². The van der Waals surface area contributed by atoms with Gasteiger partial charge in [0.2, 0.25) is 0 Å². The first-order valence-corrected chi connectivity index (χ1v) is 6.36. The molecular weight excluding hydrogens is 266 g/mol. The van der Waals surface area contributed by atoms with Crippen molar-refractivity contribution in [3.8, 4) is 11.8 Å². The summed E-state index contributed by atoms with van der Waals surface area (Å²) in [4.78, 5) is 16.0. The van der Waals surface area contributed by atoms with Gasteiger partial charge in [-0.05, 0) is 18.2 Å². The van der Waals surface area contributed by atoms with E-state index in [1.807, 2.05) is 4.90 Å². The summed E-state index contributed by atoms with van der Waals surface area (Å²) in [6.45, 7) is 2.86. The van der Waals surface area contributed by atoms with Gasteiger partial charge in [-0.15, -0.1) is 0 Å². The minimum absolute atomic E-state index is 0.0240. The highest BCUT2D eigenvalue weighted by molar-refractivity contribution is 6.33. The number of phenolic OH excluding ortho intramolecular Hbond substituents is 1. The molecule has 1 fully saturated rings. The second-order valence-corrected chi connectivity index (χ2v) is 4.80. The summed E-state index contributed by atoms with van der Waals surface area (Å²) in [5, 5.41) is 18.4. The van der Waals surface area contributed by atoms with Gasteiger partial charge in [0, 0.05) is 26.2 Å². The van der Waals surface area contributed by atoms with E-state index < -0.39 is 0 Å². The third kappa shape index (κ3) is 3.16. The largest absolute Gasteiger partial charge is 0.508 e. The molecule has 1 saturated heterocycles. The monoisotopic (exact) mass is 279 g/mol. The molecule has 0 aliphatic carbocycles. The number of carbonyl (C=O) groups is 1. The maximum atomic E-state index is 12.3. The molecule has 19 heavy (non-hydrogen) atoms. The fourth-order valence-corrected chi connectivity index (χ4v) is 2.25. The van der Waals surface area contributed by atoms with Gasteiger partial charge in [0.1, 0.15) is 5.75 Å². The molecular formula is C13H14ClN3O2. The molecule has 0 saturated carbocycles. The average molecular weight is 280 g/mol. The van der Waals surface area contributed by atoms with E-state index in [0.717, 1.165) is 0 Å². The van der Waals surface area contributed by atoms with E-state index in [-0.39, 0.29) is 11.7 Å². The molecule has 1 heterocycles. The smallest absolute Gasteiger partial charge is 0.255 e. The van der Waals surface area contributed by atoms with Gasteiger partial charge in [-0.1, -0.05) is 11.6 Å². The number of amides is 1. The van der Waals surface area contributed by atoms with Crippen LogP contribution in [0.2, 0.25) is 5.02 Å². The number of halogens is 1. The molecule has 0 bridgehead atoms. The van der Waals surface area contributed by atoms with Crippen molar-refractivity contribution in [3.05, 3.63) is 28.8 Å². The van der Waals surface area contributed by atoms with Crippen LogP contribution in [0, 0.1) is 11.3 Å². The van der Waals surface area contributed by atoms with Crippen LogP contribution >= 0.6 is 11.6 Å². The summed E-state index contributed by atoms with van der Waals surface area (Å²) < 4.78 is 0. The Morgan fingerprint density at radius 2 is 2.05 bits per heavy atom. The van der Waals surface area contributed by atoms with Gasteiger partial charge in [-0.25, -0.2) is 0 Å². The highest BCUT2D eigenvalue weighted by atomic mass is 35.5. The molecule has 100 valence electrons. The lowest BCUT2D eigenvalue weighted by atomic mass is 10.1. The van der Waals surface area contributed by atoms with Crippen molar-refractivity contribution in [2.24, 2.45) is 0 Å². The number of piperazine rings is 1. The van der Waals surface area contributed by atoms with E-state index in [2.05, 4.69) is 6.07 Å². The molecule has 0 aromatic heterocycles. The Morgan fingerprint density at radius 1 is 1.37 bits per heavy atom. The van der Waals surface area contributed by atoms with Crippen LogP contribution in [0.5, 0.6) is 5.75 Å². The average Bonchev–Trinajstić information content (AvgIpc) is 2.42. The Hall–Kier alpha value is -1.77. The Kier molecular flexibility index (Phi) is 4.25. The number of hydrogen-bond donors (Lipinski definition) is 1. The summed E-state index contributed by atoms with van der Waals surface area (Å²) in [5.74, 6) is -0.159. The maximum absolute atomic E-state index is 12.3. The Morgan fingerprint density at radius 3 is 2.68 bits per heavy atom. The van der Waals surface area contributed by atoms with Crippen LogP contribution in [0.15, 0.2) is 18.2 Å². The molecule has 5 nitrogen and oxygen atoms in total. The molecule has 1 aromatic rings. The Labute approximate surface area is 116 Å². The fraction of sp³-hybridized carbons (Fsp3) is 0.385. The first kappa shape index (κ1) is 13.7. The fourth-order valence-electron chi connectivity index (χ4n) is 2.06. The van der Waals surface area contributed by atoms with Gasteiger partial charge in [0.15, 0.2) is 0 Å². The van der Waals surface area contributed by atoms with Crippen LogP contribution in [0.1, 0.15) is 10.4 Å². The summed E-state index contributed by atoms with van der Waals surface area (Å²) in [6.07, 6.45) is 0. The molecule has 0 unspecified atom stereocenters. The lowest BCUT2D eigenvalue weighted by Gasteiger charge is -2.33. The molecule has 1 N–H and O–H groups in total. The zero-order valence-corrected chi connectivity index (χ0v) is 11.1. The van der Waals surface area contributed by atoms with Crippen molar-refractivity contribution in [2.45, 2.75) is 0 Å². The Bertz CT molecular complexity index is 519. The van der Waals surface area contributed by atoms with Gasteiger partial charge >= 0.3 is 0 Å². The zero-order valence-electron chi connectivity index (χ0n) is 10.3. The highest BCUT2D eigenvalue weighted by Crippen LogP contribution is 2.23. The SMILES string of the molecule is N#CCN1CCN(C(=O)c2cc(O)ccc2Cl)CC1. The van der Waals surface area contributed by atoms with Crippen molar-refractivity contribution in [3.63, 3.8) is 0 Å². The molecule has 1 aliphatic rings. The quantitative estimate of drug-likeness (QED) is 0.829. The molecule has 6 heteroatoms. The predicted molar refractivity (Wildman–Crippen MR) is 71.1 cm³/mol. The molecule has 0 spiro atoms. The van der Waals surface area contributed by atoms with E-state index in [9.17, 15) is 9.90 Å². The molecule has 2 rings (SSSR count). The topological polar surface area (TPSA) is 67.6 Å². The number of benzene rings is 1. The second-order valence-electron chi connectivity index (χ2n) is 4.39. The number of nitrogens with zero attached hydrogens (tertiary/aromatic N) is 3. The van der Waals surface area contributed by atoms with Crippen LogP contribution in [0.25, 0.3) is 0 Å². The van der Waals surface area contributed by atoms with Gasteiger partial charge < -0.3 is 10.0 Å². The second kappa shape index (κ2) is 5.91. The number of aromatic hydroxyl groups is 1. The van der Waals surface area contributed by atoms with Crippen LogP contribution < -0.4 is 0 Å². The number of rotatable bonds is 2. The summed E-state index contributed by atoms with van der Waals surface area (Å²) in [5.41, 5.74) is 0.315. The van der Waals surface area contributed by atoms with E-state index in [4.69, 9.17) is 16.9 Å². The van der Waals surface area contributed by atoms with Gasteiger partial charge in [0.05, 0.1) is 23.2 Å². The highest BCUT2D eigenvalue weighted by Gasteiger charge is 2.23. The standard InChI is InChI=1S/C13H14ClN3O2/c14-12-2-1-10(18)9-11(12)13(19)17-7-5-16(4-3-15)6-8-17/h1-2,9,18H,4-8H2.